The number of amides is 3. The molecule has 114 valence electrons. The highest BCUT2D eigenvalue weighted by atomic mass is 16.3. The summed E-state index contributed by atoms with van der Waals surface area (Å²) in [4.78, 5) is 27.3. The van der Waals surface area contributed by atoms with E-state index in [2.05, 4.69) is 5.32 Å². The summed E-state index contributed by atoms with van der Waals surface area (Å²) in [6.45, 7) is 1.52. The van der Waals surface area contributed by atoms with Gasteiger partial charge in [0.05, 0.1) is 12.0 Å². The van der Waals surface area contributed by atoms with Gasteiger partial charge in [-0.3, -0.25) is 4.79 Å². The molecular formula is C14H25N3O3. The molecule has 1 saturated carbocycles. The number of nitrogens with one attached hydrogen (secondary N) is 1. The summed E-state index contributed by atoms with van der Waals surface area (Å²) < 4.78 is 0. The van der Waals surface area contributed by atoms with Gasteiger partial charge < -0.3 is 20.2 Å². The number of nitrogens with zero attached hydrogens (tertiary/aromatic N) is 2. The van der Waals surface area contributed by atoms with Crippen LogP contribution in [0.15, 0.2) is 0 Å². The Morgan fingerprint density at radius 3 is 2.65 bits per heavy atom. The Kier molecular flexibility index (Phi) is 4.86. The molecule has 0 aromatic heterocycles. The Morgan fingerprint density at radius 1 is 1.35 bits per heavy atom. The number of rotatable bonds is 4. The van der Waals surface area contributed by atoms with Crippen molar-refractivity contribution in [1.82, 2.24) is 15.1 Å². The second-order valence-electron chi connectivity index (χ2n) is 6.11. The second kappa shape index (κ2) is 6.43. The minimum Gasteiger partial charge on any atom is -0.391 e. The standard InChI is InChI=1S/C14H25N3O3/c1-16(2)14(20)17-7-3-4-11(9-17)13(19)15-8-12(18)10-5-6-10/h10-12,18H,3-9H2,1-2H3,(H,15,19). The van der Waals surface area contributed by atoms with Crippen molar-refractivity contribution in [2.24, 2.45) is 11.8 Å². The zero-order chi connectivity index (χ0) is 14.7. The van der Waals surface area contributed by atoms with Crippen molar-refractivity contribution in [3.05, 3.63) is 0 Å². The van der Waals surface area contributed by atoms with E-state index in [4.69, 9.17) is 0 Å². The van der Waals surface area contributed by atoms with Gasteiger partial charge in [-0.1, -0.05) is 0 Å². The summed E-state index contributed by atoms with van der Waals surface area (Å²) in [5.74, 6) is 0.175. The van der Waals surface area contributed by atoms with Crippen molar-refractivity contribution in [1.29, 1.82) is 0 Å². The number of carbonyl (C=O) groups excluding carboxylic acids is 2. The number of aliphatic hydroxyl groups excluding tert-OH is 1. The second-order valence-corrected chi connectivity index (χ2v) is 6.11. The first-order chi connectivity index (χ1) is 9.49. The molecule has 3 amide bonds. The van der Waals surface area contributed by atoms with Crippen LogP contribution in [-0.2, 0) is 4.79 Å². The molecule has 2 unspecified atom stereocenters. The molecule has 20 heavy (non-hydrogen) atoms. The molecule has 0 aromatic rings. The van der Waals surface area contributed by atoms with Gasteiger partial charge in [0.1, 0.15) is 0 Å². The monoisotopic (exact) mass is 283 g/mol. The lowest BCUT2D eigenvalue weighted by Gasteiger charge is -2.33. The van der Waals surface area contributed by atoms with Gasteiger partial charge in [-0.25, -0.2) is 4.79 Å². The normalized spacial score (nSPS) is 24.1. The number of piperidine rings is 1. The molecule has 0 aromatic carbocycles. The SMILES string of the molecule is CN(C)C(=O)N1CCCC(C(=O)NCC(O)C2CC2)C1. The first-order valence-corrected chi connectivity index (χ1v) is 7.41. The molecule has 0 radical (unpaired) electrons. The maximum absolute atomic E-state index is 12.1. The molecule has 1 heterocycles. The van der Waals surface area contributed by atoms with Crippen LogP contribution in [0.25, 0.3) is 0 Å². The Hall–Kier alpha value is -1.30. The van der Waals surface area contributed by atoms with E-state index in [0.717, 1.165) is 25.7 Å². The van der Waals surface area contributed by atoms with Crippen LogP contribution in [-0.4, -0.2) is 66.7 Å². The van der Waals surface area contributed by atoms with Gasteiger partial charge in [-0.2, -0.15) is 0 Å². The quantitative estimate of drug-likeness (QED) is 0.778. The third kappa shape index (κ3) is 3.85. The van der Waals surface area contributed by atoms with Gasteiger partial charge in [-0.05, 0) is 31.6 Å². The van der Waals surface area contributed by atoms with Crippen LogP contribution in [0.1, 0.15) is 25.7 Å². The zero-order valence-corrected chi connectivity index (χ0v) is 12.3. The summed E-state index contributed by atoms with van der Waals surface area (Å²) >= 11 is 0. The number of aliphatic hydroxyl groups is 1. The Morgan fingerprint density at radius 2 is 2.05 bits per heavy atom. The molecule has 2 rings (SSSR count). The predicted octanol–water partition coefficient (Wildman–Crippen LogP) is 0.267. The van der Waals surface area contributed by atoms with Crippen molar-refractivity contribution in [3.8, 4) is 0 Å². The van der Waals surface area contributed by atoms with E-state index >= 15 is 0 Å². The van der Waals surface area contributed by atoms with Crippen LogP contribution in [0.4, 0.5) is 4.79 Å². The Bertz CT molecular complexity index is 369. The highest BCUT2D eigenvalue weighted by molar-refractivity contribution is 5.80. The molecule has 0 bridgehead atoms. The van der Waals surface area contributed by atoms with E-state index in [9.17, 15) is 14.7 Å². The number of likely N-dealkylation sites (tertiary alicyclic amines) is 1. The van der Waals surface area contributed by atoms with E-state index in [1.54, 1.807) is 19.0 Å². The lowest BCUT2D eigenvalue weighted by molar-refractivity contribution is -0.126. The average Bonchev–Trinajstić information content (AvgIpc) is 3.28. The molecular weight excluding hydrogens is 258 g/mol. The summed E-state index contributed by atoms with van der Waals surface area (Å²) in [7, 11) is 3.44. The molecule has 0 spiro atoms. The summed E-state index contributed by atoms with van der Waals surface area (Å²) in [6, 6.07) is -0.0412. The third-order valence-corrected chi connectivity index (χ3v) is 4.10. The third-order valence-electron chi connectivity index (χ3n) is 4.10. The lowest BCUT2D eigenvalue weighted by Crippen LogP contribution is -2.49. The topological polar surface area (TPSA) is 72.9 Å². The van der Waals surface area contributed by atoms with E-state index in [-0.39, 0.29) is 17.9 Å². The fraction of sp³-hybridized carbons (Fsp3) is 0.857. The average molecular weight is 283 g/mol. The van der Waals surface area contributed by atoms with Crippen molar-refractivity contribution in [2.75, 3.05) is 33.7 Å². The van der Waals surface area contributed by atoms with Gasteiger partial charge in [-0.15, -0.1) is 0 Å². The number of hydrogen-bond acceptors (Lipinski definition) is 3. The smallest absolute Gasteiger partial charge is 0.319 e. The zero-order valence-electron chi connectivity index (χ0n) is 12.3. The van der Waals surface area contributed by atoms with E-state index < -0.39 is 6.10 Å². The van der Waals surface area contributed by atoms with Gasteiger partial charge in [0.15, 0.2) is 0 Å². The van der Waals surface area contributed by atoms with E-state index in [1.165, 1.54) is 4.90 Å². The van der Waals surface area contributed by atoms with Crippen LogP contribution < -0.4 is 5.32 Å². The van der Waals surface area contributed by atoms with Crippen LogP contribution in [0, 0.1) is 11.8 Å². The number of carbonyl (C=O) groups is 2. The molecule has 6 nitrogen and oxygen atoms in total. The minimum absolute atomic E-state index is 0.0408. The van der Waals surface area contributed by atoms with Gasteiger partial charge in [0, 0.05) is 33.7 Å². The molecule has 2 aliphatic rings. The summed E-state index contributed by atoms with van der Waals surface area (Å²) in [5.41, 5.74) is 0. The number of hydrogen-bond donors (Lipinski definition) is 2. The first kappa shape index (κ1) is 15.1. The Balaban J connectivity index is 1.78. The van der Waals surface area contributed by atoms with Crippen molar-refractivity contribution in [2.45, 2.75) is 31.8 Å². The van der Waals surface area contributed by atoms with Crippen LogP contribution >= 0.6 is 0 Å². The van der Waals surface area contributed by atoms with Crippen LogP contribution in [0.3, 0.4) is 0 Å². The maximum Gasteiger partial charge on any atom is 0.319 e. The highest BCUT2D eigenvalue weighted by Crippen LogP contribution is 2.32. The molecule has 6 heteroatoms. The largest absolute Gasteiger partial charge is 0.391 e. The van der Waals surface area contributed by atoms with E-state index in [0.29, 0.717) is 25.6 Å². The summed E-state index contributed by atoms with van der Waals surface area (Å²) in [6.07, 6.45) is 3.37. The predicted molar refractivity (Wildman–Crippen MR) is 75.1 cm³/mol. The molecule has 2 N–H and O–H groups in total. The van der Waals surface area contributed by atoms with Crippen molar-refractivity contribution < 1.29 is 14.7 Å². The minimum atomic E-state index is -0.415. The molecule has 2 atom stereocenters. The maximum atomic E-state index is 12.1. The highest BCUT2D eigenvalue weighted by Gasteiger charge is 2.32. The number of urea groups is 1. The van der Waals surface area contributed by atoms with Crippen molar-refractivity contribution in [3.63, 3.8) is 0 Å². The molecule has 1 aliphatic carbocycles. The fourth-order valence-corrected chi connectivity index (χ4v) is 2.64. The molecule has 1 aliphatic heterocycles. The Labute approximate surface area is 120 Å². The molecule has 1 saturated heterocycles. The van der Waals surface area contributed by atoms with Gasteiger partial charge in [0.2, 0.25) is 5.91 Å². The van der Waals surface area contributed by atoms with Gasteiger partial charge in [0.25, 0.3) is 0 Å². The van der Waals surface area contributed by atoms with Gasteiger partial charge >= 0.3 is 6.03 Å². The van der Waals surface area contributed by atoms with Crippen LogP contribution in [0.5, 0.6) is 0 Å². The molecule has 2 fully saturated rings. The van der Waals surface area contributed by atoms with E-state index in [1.807, 2.05) is 0 Å². The fourth-order valence-electron chi connectivity index (χ4n) is 2.64. The van der Waals surface area contributed by atoms with Crippen LogP contribution in [0.2, 0.25) is 0 Å². The van der Waals surface area contributed by atoms with Crippen molar-refractivity contribution >= 4 is 11.9 Å². The lowest BCUT2D eigenvalue weighted by atomic mass is 9.97. The first-order valence-electron chi connectivity index (χ1n) is 7.41. The summed E-state index contributed by atoms with van der Waals surface area (Å²) in [5, 5.41) is 12.6.